The van der Waals surface area contributed by atoms with Crippen molar-refractivity contribution in [3.05, 3.63) is 51.0 Å². The van der Waals surface area contributed by atoms with Gasteiger partial charge in [-0.2, -0.15) is 0 Å². The molecule has 0 atom stereocenters. The Labute approximate surface area is 117 Å². The lowest BCUT2D eigenvalue weighted by Crippen LogP contribution is -1.77. The van der Waals surface area contributed by atoms with Crippen LogP contribution in [0.4, 0.5) is 0 Å². The van der Waals surface area contributed by atoms with E-state index in [0.717, 1.165) is 15.1 Å². The van der Waals surface area contributed by atoms with Gasteiger partial charge in [0.05, 0.1) is 0 Å². The van der Waals surface area contributed by atoms with Crippen LogP contribution in [0.2, 0.25) is 0 Å². The third-order valence-corrected chi connectivity index (χ3v) is 3.06. The molecule has 0 aliphatic rings. The third kappa shape index (κ3) is 5.30. The zero-order valence-electron chi connectivity index (χ0n) is 9.65. The molecule has 2 aromatic rings. The Hall–Kier alpha value is -0.910. The van der Waals surface area contributed by atoms with Crippen LogP contribution in [-0.4, -0.2) is 9.97 Å². The van der Waals surface area contributed by atoms with Crippen molar-refractivity contribution in [1.82, 2.24) is 9.97 Å². The molecule has 0 aliphatic heterocycles. The molecule has 2 rings (SSSR count). The minimum atomic E-state index is 0.698. The van der Waals surface area contributed by atoms with Crippen molar-refractivity contribution in [2.45, 2.75) is 18.7 Å². The topological polar surface area (TPSA) is 31.6 Å². The van der Waals surface area contributed by atoms with E-state index in [0.29, 0.717) is 4.64 Å². The molecular weight excluding hydrogens is 268 g/mol. The highest BCUT2D eigenvalue weighted by Gasteiger charge is 1.87. The zero-order chi connectivity index (χ0) is 12.8. The maximum absolute atomic E-state index is 4.88. The molecule has 17 heavy (non-hydrogen) atoms. The van der Waals surface area contributed by atoms with Gasteiger partial charge in [-0.25, -0.2) is 0 Å². The van der Waals surface area contributed by atoms with Gasteiger partial charge in [0.2, 0.25) is 0 Å². The lowest BCUT2D eigenvalue weighted by atomic mass is 10.3. The van der Waals surface area contributed by atoms with Crippen molar-refractivity contribution in [3.8, 4) is 0 Å². The third-order valence-electron chi connectivity index (χ3n) is 1.97. The molecular formula is C12H14N2S3. The summed E-state index contributed by atoms with van der Waals surface area (Å²) in [6, 6.07) is 5.80. The molecule has 0 radical (unpaired) electrons. The van der Waals surface area contributed by atoms with Gasteiger partial charge in [-0.3, -0.25) is 0 Å². The van der Waals surface area contributed by atoms with E-state index in [2.05, 4.69) is 22.6 Å². The lowest BCUT2D eigenvalue weighted by molar-refractivity contribution is 1.17. The monoisotopic (exact) mass is 282 g/mol. The second-order valence-corrected chi connectivity index (χ2v) is 4.95. The van der Waals surface area contributed by atoms with Gasteiger partial charge < -0.3 is 9.97 Å². The van der Waals surface area contributed by atoms with Crippen LogP contribution in [0.5, 0.6) is 0 Å². The van der Waals surface area contributed by atoms with Gasteiger partial charge in [0.1, 0.15) is 9.28 Å². The number of aromatic amines is 2. The van der Waals surface area contributed by atoms with Crippen LogP contribution in [-0.2, 0) is 0 Å². The molecule has 0 aliphatic carbocycles. The average molecular weight is 282 g/mol. The van der Waals surface area contributed by atoms with Crippen molar-refractivity contribution >= 4 is 37.1 Å². The number of thiol groups is 1. The Morgan fingerprint density at radius 3 is 2.06 bits per heavy atom. The van der Waals surface area contributed by atoms with Gasteiger partial charge in [0.15, 0.2) is 0 Å². The van der Waals surface area contributed by atoms with Crippen LogP contribution in [0.25, 0.3) is 0 Å². The first-order chi connectivity index (χ1) is 7.99. The standard InChI is InChI=1S/C6H7NS2.C6H7NS/c1-4-2-5(8)6(9)7-3-4;1-5-2-3-6(8)7-4-5/h2-3,8H,1H3,(H,7,9);2-4H,1H3,(H,7,8). The summed E-state index contributed by atoms with van der Waals surface area (Å²) >= 11 is 13.8. The van der Waals surface area contributed by atoms with Crippen LogP contribution in [0, 0.1) is 23.1 Å². The van der Waals surface area contributed by atoms with Crippen LogP contribution in [0.15, 0.2) is 35.5 Å². The molecule has 2 aromatic heterocycles. The number of hydrogen-bond acceptors (Lipinski definition) is 3. The fraction of sp³-hybridized carbons (Fsp3) is 0.167. The van der Waals surface area contributed by atoms with E-state index in [-0.39, 0.29) is 0 Å². The molecule has 5 heteroatoms. The lowest BCUT2D eigenvalue weighted by Gasteiger charge is -1.92. The fourth-order valence-corrected chi connectivity index (χ4v) is 1.58. The summed E-state index contributed by atoms with van der Waals surface area (Å²) in [4.78, 5) is 6.66. The number of aromatic nitrogens is 2. The second-order valence-electron chi connectivity index (χ2n) is 3.62. The van der Waals surface area contributed by atoms with E-state index in [1.165, 1.54) is 5.56 Å². The number of nitrogens with one attached hydrogen (secondary N) is 2. The predicted molar refractivity (Wildman–Crippen MR) is 80.0 cm³/mol. The summed E-state index contributed by atoms with van der Waals surface area (Å²) in [6.07, 6.45) is 3.75. The summed E-state index contributed by atoms with van der Waals surface area (Å²) in [7, 11) is 0. The molecule has 0 saturated carbocycles. The quantitative estimate of drug-likeness (QED) is 0.494. The Morgan fingerprint density at radius 1 is 1.00 bits per heavy atom. The Bertz CT molecular complexity index is 579. The first-order valence-electron chi connectivity index (χ1n) is 5.02. The number of hydrogen-bond donors (Lipinski definition) is 3. The second kappa shape index (κ2) is 6.74. The van der Waals surface area contributed by atoms with Crippen molar-refractivity contribution in [2.75, 3.05) is 0 Å². The Morgan fingerprint density at radius 2 is 1.65 bits per heavy atom. The van der Waals surface area contributed by atoms with Crippen LogP contribution < -0.4 is 0 Å². The summed E-state index contributed by atoms with van der Waals surface area (Å²) < 4.78 is 1.49. The molecule has 0 fully saturated rings. The zero-order valence-corrected chi connectivity index (χ0v) is 12.2. The molecule has 0 unspecified atom stereocenters. The average Bonchev–Trinajstić information content (AvgIpc) is 2.29. The molecule has 0 bridgehead atoms. The fourth-order valence-electron chi connectivity index (χ4n) is 1.06. The predicted octanol–water partition coefficient (Wildman–Crippen LogP) is 4.39. The van der Waals surface area contributed by atoms with Crippen molar-refractivity contribution < 1.29 is 0 Å². The van der Waals surface area contributed by atoms with Crippen LogP contribution in [0.1, 0.15) is 11.1 Å². The van der Waals surface area contributed by atoms with E-state index in [9.17, 15) is 0 Å². The molecule has 2 N–H and O–H groups in total. The number of aryl methyl sites for hydroxylation is 2. The number of rotatable bonds is 0. The molecule has 2 heterocycles. The van der Waals surface area contributed by atoms with Gasteiger partial charge in [-0.1, -0.05) is 30.5 Å². The molecule has 0 spiro atoms. The maximum atomic E-state index is 4.88. The highest BCUT2D eigenvalue weighted by molar-refractivity contribution is 7.81. The normalized spacial score (nSPS) is 9.35. The van der Waals surface area contributed by atoms with Gasteiger partial charge in [-0.15, -0.1) is 12.6 Å². The van der Waals surface area contributed by atoms with Gasteiger partial charge in [0.25, 0.3) is 0 Å². The van der Waals surface area contributed by atoms with E-state index in [4.69, 9.17) is 24.4 Å². The van der Waals surface area contributed by atoms with E-state index in [1.807, 2.05) is 44.4 Å². The highest BCUT2D eigenvalue weighted by Crippen LogP contribution is 2.07. The minimum absolute atomic E-state index is 0.698. The first-order valence-corrected chi connectivity index (χ1v) is 6.29. The van der Waals surface area contributed by atoms with Crippen LogP contribution >= 0.6 is 37.1 Å². The minimum Gasteiger partial charge on any atom is -0.353 e. The maximum Gasteiger partial charge on any atom is 0.116 e. The van der Waals surface area contributed by atoms with Crippen molar-refractivity contribution in [1.29, 1.82) is 0 Å². The molecule has 0 aromatic carbocycles. The summed E-state index contributed by atoms with van der Waals surface area (Å²) in [5, 5.41) is 0. The van der Waals surface area contributed by atoms with E-state index >= 15 is 0 Å². The van der Waals surface area contributed by atoms with Gasteiger partial charge in [-0.05, 0) is 37.1 Å². The Balaban J connectivity index is 0.000000171. The number of H-pyrrole nitrogens is 2. The number of pyridine rings is 2. The SMILES string of the molecule is Cc1c[nH]c(=S)c(S)c1.Cc1ccc(=S)[nH]c1. The van der Waals surface area contributed by atoms with Gasteiger partial charge in [0, 0.05) is 17.3 Å². The summed E-state index contributed by atoms with van der Waals surface area (Å²) in [6.45, 7) is 4.01. The van der Waals surface area contributed by atoms with Gasteiger partial charge >= 0.3 is 0 Å². The summed E-state index contributed by atoms with van der Waals surface area (Å²) in [5.74, 6) is 0. The molecule has 0 amide bonds. The largest absolute Gasteiger partial charge is 0.353 e. The van der Waals surface area contributed by atoms with E-state index < -0.39 is 0 Å². The van der Waals surface area contributed by atoms with E-state index in [1.54, 1.807) is 0 Å². The first kappa shape index (κ1) is 14.2. The molecule has 2 nitrogen and oxygen atoms in total. The van der Waals surface area contributed by atoms with Crippen molar-refractivity contribution in [2.24, 2.45) is 0 Å². The summed E-state index contributed by atoms with van der Waals surface area (Å²) in [5.41, 5.74) is 2.35. The Kier molecular flexibility index (Phi) is 5.61. The molecule has 0 saturated heterocycles. The smallest absolute Gasteiger partial charge is 0.116 e. The molecule has 90 valence electrons. The highest BCUT2D eigenvalue weighted by atomic mass is 32.1. The van der Waals surface area contributed by atoms with Crippen LogP contribution in [0.3, 0.4) is 0 Å². The van der Waals surface area contributed by atoms with Crippen molar-refractivity contribution in [3.63, 3.8) is 0 Å².